The first-order valence-corrected chi connectivity index (χ1v) is 11.0. The number of amides is 1. The molecule has 0 aliphatic heterocycles. The van der Waals surface area contributed by atoms with E-state index in [4.69, 9.17) is 11.6 Å². The Morgan fingerprint density at radius 3 is 2.18 bits per heavy atom. The van der Waals surface area contributed by atoms with Crippen molar-refractivity contribution in [1.82, 2.24) is 5.32 Å². The highest BCUT2D eigenvalue weighted by Gasteiger charge is 2.50. The molecule has 4 aliphatic carbocycles. The van der Waals surface area contributed by atoms with Gasteiger partial charge < -0.3 is 10.4 Å². The van der Waals surface area contributed by atoms with E-state index in [-0.39, 0.29) is 12.3 Å². The van der Waals surface area contributed by atoms with E-state index in [0.717, 1.165) is 29.7 Å². The van der Waals surface area contributed by atoms with E-state index in [0.29, 0.717) is 23.4 Å². The van der Waals surface area contributed by atoms with E-state index in [2.05, 4.69) is 5.32 Å². The Hall–Kier alpha value is -1.55. The fraction of sp³-hybridized carbons (Fsp3) is 0.652. The minimum Gasteiger partial charge on any atom is -0.481 e. The molecule has 1 atom stereocenters. The first-order chi connectivity index (χ1) is 13.4. The molecule has 1 unspecified atom stereocenters. The van der Waals surface area contributed by atoms with E-state index < -0.39 is 11.9 Å². The predicted octanol–water partition coefficient (Wildman–Crippen LogP) is 4.70. The molecule has 4 nitrogen and oxygen atoms in total. The summed E-state index contributed by atoms with van der Waals surface area (Å²) in [5.41, 5.74) is 1.37. The lowest BCUT2D eigenvalue weighted by molar-refractivity contribution is -0.141. The molecule has 0 heterocycles. The molecule has 2 N–H and O–H groups in total. The van der Waals surface area contributed by atoms with Gasteiger partial charge in [0.1, 0.15) is 0 Å². The second-order valence-corrected chi connectivity index (χ2v) is 10.0. The highest BCUT2D eigenvalue weighted by molar-refractivity contribution is 6.30. The monoisotopic (exact) mass is 403 g/mol. The predicted molar refractivity (Wildman–Crippen MR) is 109 cm³/mol. The number of nitrogens with one attached hydrogen (secondary N) is 1. The van der Waals surface area contributed by atoms with Crippen LogP contribution in [0.15, 0.2) is 24.3 Å². The quantitative estimate of drug-likeness (QED) is 0.661. The SMILES string of the molecule is O=C(O)CC(Cc1ccc(Cl)cc1)C(=O)NCCC12CC3CC(CC(C3)C1)C2. The third-order valence-electron chi connectivity index (χ3n) is 7.31. The lowest BCUT2D eigenvalue weighted by Gasteiger charge is -2.57. The maximum atomic E-state index is 12.7. The summed E-state index contributed by atoms with van der Waals surface area (Å²) in [6, 6.07) is 7.28. The number of rotatable bonds is 8. The Morgan fingerprint density at radius 2 is 1.64 bits per heavy atom. The van der Waals surface area contributed by atoms with Crippen LogP contribution in [-0.4, -0.2) is 23.5 Å². The van der Waals surface area contributed by atoms with Gasteiger partial charge in [-0.3, -0.25) is 9.59 Å². The summed E-state index contributed by atoms with van der Waals surface area (Å²) in [7, 11) is 0. The third kappa shape index (κ3) is 4.53. The largest absolute Gasteiger partial charge is 0.481 e. The maximum Gasteiger partial charge on any atom is 0.304 e. The topological polar surface area (TPSA) is 66.4 Å². The third-order valence-corrected chi connectivity index (χ3v) is 7.56. The first kappa shape index (κ1) is 19.8. The van der Waals surface area contributed by atoms with Crippen LogP contribution in [0.4, 0.5) is 0 Å². The number of aliphatic carboxylic acids is 1. The molecular formula is C23H30ClNO3. The number of carbonyl (C=O) groups excluding carboxylic acids is 1. The van der Waals surface area contributed by atoms with Crippen LogP contribution in [0.1, 0.15) is 56.9 Å². The summed E-state index contributed by atoms with van der Waals surface area (Å²) in [6.45, 7) is 0.668. The van der Waals surface area contributed by atoms with Crippen molar-refractivity contribution in [3.05, 3.63) is 34.9 Å². The number of halogens is 1. The van der Waals surface area contributed by atoms with Crippen LogP contribution < -0.4 is 5.32 Å². The van der Waals surface area contributed by atoms with Crippen molar-refractivity contribution >= 4 is 23.5 Å². The molecule has 0 saturated heterocycles. The Balaban J connectivity index is 1.32. The average molecular weight is 404 g/mol. The van der Waals surface area contributed by atoms with Gasteiger partial charge in [-0.2, -0.15) is 0 Å². The molecule has 5 rings (SSSR count). The first-order valence-electron chi connectivity index (χ1n) is 10.6. The van der Waals surface area contributed by atoms with E-state index >= 15 is 0 Å². The zero-order valence-corrected chi connectivity index (χ0v) is 17.1. The van der Waals surface area contributed by atoms with Crippen molar-refractivity contribution in [1.29, 1.82) is 0 Å². The highest BCUT2D eigenvalue weighted by atomic mass is 35.5. The molecule has 1 aromatic rings. The molecule has 0 spiro atoms. The van der Waals surface area contributed by atoms with Gasteiger partial charge in [0.05, 0.1) is 12.3 Å². The van der Waals surface area contributed by atoms with Crippen molar-refractivity contribution in [2.45, 2.75) is 57.8 Å². The number of benzene rings is 1. The van der Waals surface area contributed by atoms with E-state index in [1.54, 1.807) is 12.1 Å². The number of hydrogen-bond acceptors (Lipinski definition) is 2. The van der Waals surface area contributed by atoms with Crippen molar-refractivity contribution in [2.24, 2.45) is 29.1 Å². The number of carbonyl (C=O) groups is 2. The molecule has 28 heavy (non-hydrogen) atoms. The van der Waals surface area contributed by atoms with Gasteiger partial charge >= 0.3 is 5.97 Å². The van der Waals surface area contributed by atoms with E-state index in [1.807, 2.05) is 12.1 Å². The summed E-state index contributed by atoms with van der Waals surface area (Å²) in [6.07, 6.45) is 9.59. The molecule has 0 radical (unpaired) electrons. The Morgan fingerprint density at radius 1 is 1.07 bits per heavy atom. The zero-order chi connectivity index (χ0) is 19.7. The molecule has 1 aromatic carbocycles. The summed E-state index contributed by atoms with van der Waals surface area (Å²) >= 11 is 5.92. The minimum atomic E-state index is -0.935. The van der Waals surface area contributed by atoms with Crippen LogP contribution in [0.5, 0.6) is 0 Å². The standard InChI is InChI=1S/C23H30ClNO3/c24-20-3-1-15(2-4-20)10-19(11-21(26)27)22(28)25-6-5-23-12-16-7-17(13-23)9-18(8-16)14-23/h1-4,16-19H,5-14H2,(H,25,28)(H,26,27). The van der Waals surface area contributed by atoms with Crippen molar-refractivity contribution in [2.75, 3.05) is 6.54 Å². The lowest BCUT2D eigenvalue weighted by atomic mass is 9.49. The maximum absolute atomic E-state index is 12.7. The van der Waals surface area contributed by atoms with E-state index in [1.165, 1.54) is 38.5 Å². The zero-order valence-electron chi connectivity index (χ0n) is 16.3. The summed E-state index contributed by atoms with van der Waals surface area (Å²) in [5.74, 6) is 1.11. The van der Waals surface area contributed by atoms with Crippen molar-refractivity contribution < 1.29 is 14.7 Å². The van der Waals surface area contributed by atoms with Crippen LogP contribution in [0.3, 0.4) is 0 Å². The highest BCUT2D eigenvalue weighted by Crippen LogP contribution is 2.61. The Kier molecular flexibility index (Phi) is 5.69. The molecule has 5 heteroatoms. The second kappa shape index (κ2) is 8.06. The summed E-state index contributed by atoms with van der Waals surface area (Å²) in [4.78, 5) is 24.0. The summed E-state index contributed by atoms with van der Waals surface area (Å²) < 4.78 is 0. The average Bonchev–Trinajstić information content (AvgIpc) is 2.61. The van der Waals surface area contributed by atoms with Gasteiger partial charge in [0.15, 0.2) is 0 Å². The second-order valence-electron chi connectivity index (χ2n) is 9.58. The van der Waals surface area contributed by atoms with Gasteiger partial charge in [0.25, 0.3) is 0 Å². The van der Waals surface area contributed by atoms with Crippen LogP contribution in [0.2, 0.25) is 5.02 Å². The van der Waals surface area contributed by atoms with Gasteiger partial charge in [-0.15, -0.1) is 0 Å². The van der Waals surface area contributed by atoms with Gasteiger partial charge in [0.2, 0.25) is 5.91 Å². The number of carboxylic acid groups (broad SMARTS) is 1. The van der Waals surface area contributed by atoms with Gasteiger partial charge in [0, 0.05) is 11.6 Å². The molecule has 4 aliphatic rings. The van der Waals surface area contributed by atoms with E-state index in [9.17, 15) is 14.7 Å². The van der Waals surface area contributed by atoms with Crippen LogP contribution in [0, 0.1) is 29.1 Å². The molecule has 4 fully saturated rings. The molecule has 4 bridgehead atoms. The minimum absolute atomic E-state index is 0.137. The van der Waals surface area contributed by atoms with Gasteiger partial charge in [-0.05, 0) is 92.2 Å². The van der Waals surface area contributed by atoms with Crippen LogP contribution in [-0.2, 0) is 16.0 Å². The number of hydrogen-bond donors (Lipinski definition) is 2. The normalized spacial score (nSPS) is 31.5. The van der Waals surface area contributed by atoms with Crippen LogP contribution in [0.25, 0.3) is 0 Å². The van der Waals surface area contributed by atoms with Gasteiger partial charge in [-0.1, -0.05) is 23.7 Å². The number of carboxylic acids is 1. The van der Waals surface area contributed by atoms with Crippen LogP contribution >= 0.6 is 11.6 Å². The van der Waals surface area contributed by atoms with Crippen molar-refractivity contribution in [3.8, 4) is 0 Å². The molecule has 152 valence electrons. The molecule has 0 aromatic heterocycles. The fourth-order valence-corrected chi connectivity index (χ4v) is 6.69. The Labute approximate surface area is 172 Å². The van der Waals surface area contributed by atoms with Gasteiger partial charge in [-0.25, -0.2) is 0 Å². The fourth-order valence-electron chi connectivity index (χ4n) is 6.56. The van der Waals surface area contributed by atoms with Crippen molar-refractivity contribution in [3.63, 3.8) is 0 Å². The lowest BCUT2D eigenvalue weighted by Crippen LogP contribution is -2.47. The Bertz CT molecular complexity index is 695. The molecular weight excluding hydrogens is 374 g/mol. The summed E-state index contributed by atoms with van der Waals surface area (Å²) in [5, 5.41) is 12.9. The molecule has 4 saturated carbocycles. The smallest absolute Gasteiger partial charge is 0.304 e. The molecule has 1 amide bonds.